The number of likely N-dealkylation sites (tertiary alicyclic amines) is 1. The highest BCUT2D eigenvalue weighted by atomic mass is 16.3. The number of hydrazine groups is 1. The summed E-state index contributed by atoms with van der Waals surface area (Å²) in [7, 11) is 0. The van der Waals surface area contributed by atoms with E-state index in [9.17, 15) is 9.90 Å². The summed E-state index contributed by atoms with van der Waals surface area (Å²) >= 11 is 0. The Hall–Kier alpha value is -1.47. The van der Waals surface area contributed by atoms with Crippen LogP contribution in [-0.2, 0) is 16.8 Å². The minimum atomic E-state index is -0.0708. The Morgan fingerprint density at radius 3 is 2.80 bits per heavy atom. The number of fused-ring (bicyclic) bond motifs is 2. The van der Waals surface area contributed by atoms with Gasteiger partial charge >= 0.3 is 0 Å². The number of rotatable bonds is 3. The number of carbonyl (C=O) groups is 1. The third-order valence-corrected chi connectivity index (χ3v) is 6.09. The molecule has 1 spiro atoms. The molecule has 3 N–H and O–H groups in total. The highest BCUT2D eigenvalue weighted by molar-refractivity contribution is 5.82. The van der Waals surface area contributed by atoms with E-state index in [0.29, 0.717) is 0 Å². The summed E-state index contributed by atoms with van der Waals surface area (Å²) in [5.74, 6) is 0.233. The van der Waals surface area contributed by atoms with E-state index in [-0.39, 0.29) is 24.0 Å². The summed E-state index contributed by atoms with van der Waals surface area (Å²) in [5, 5.41) is 9.38. The van der Waals surface area contributed by atoms with Crippen molar-refractivity contribution in [2.45, 2.75) is 37.3 Å². The number of piperidine rings is 1. The summed E-state index contributed by atoms with van der Waals surface area (Å²) < 4.78 is 0. The van der Waals surface area contributed by atoms with Gasteiger partial charge in [-0.05, 0) is 30.4 Å². The van der Waals surface area contributed by atoms with Crippen LogP contribution in [0.1, 0.15) is 30.4 Å². The number of nitrogens with zero attached hydrogens (tertiary/aromatic N) is 2. The molecule has 6 heteroatoms. The quantitative estimate of drug-likeness (QED) is 0.732. The van der Waals surface area contributed by atoms with Crippen LogP contribution in [0.15, 0.2) is 24.3 Å². The molecule has 6 nitrogen and oxygen atoms in total. The van der Waals surface area contributed by atoms with Crippen LogP contribution in [0.25, 0.3) is 0 Å². The topological polar surface area (TPSA) is 67.8 Å². The minimum Gasteiger partial charge on any atom is -0.395 e. The van der Waals surface area contributed by atoms with E-state index in [2.05, 4.69) is 40.0 Å². The molecule has 0 bridgehead atoms. The molecule has 2 saturated heterocycles. The molecule has 3 aliphatic rings. The van der Waals surface area contributed by atoms with Crippen molar-refractivity contribution in [2.24, 2.45) is 0 Å². The van der Waals surface area contributed by atoms with Gasteiger partial charge in [0, 0.05) is 44.7 Å². The van der Waals surface area contributed by atoms with Crippen molar-refractivity contribution in [1.82, 2.24) is 20.7 Å². The van der Waals surface area contributed by atoms with Gasteiger partial charge in [-0.1, -0.05) is 24.3 Å². The van der Waals surface area contributed by atoms with Gasteiger partial charge in [-0.3, -0.25) is 15.1 Å². The SMILES string of the molecule is O=C(C1CCNN1)N1CCC2(CC1)CN(CCO)Cc1ccccc12. The average molecular weight is 344 g/mol. The lowest BCUT2D eigenvalue weighted by atomic mass is 9.68. The summed E-state index contributed by atoms with van der Waals surface area (Å²) in [6.45, 7) is 5.31. The third kappa shape index (κ3) is 3.19. The number of hydrogen-bond acceptors (Lipinski definition) is 5. The van der Waals surface area contributed by atoms with Crippen LogP contribution in [-0.4, -0.2) is 66.2 Å². The molecule has 0 saturated carbocycles. The van der Waals surface area contributed by atoms with Crippen LogP contribution in [0.4, 0.5) is 0 Å². The molecule has 1 atom stereocenters. The zero-order valence-electron chi connectivity index (χ0n) is 14.7. The number of amides is 1. The van der Waals surface area contributed by atoms with E-state index >= 15 is 0 Å². The molecule has 0 radical (unpaired) electrons. The Labute approximate surface area is 149 Å². The Bertz CT molecular complexity index is 622. The third-order valence-electron chi connectivity index (χ3n) is 6.09. The molecule has 1 aromatic rings. The highest BCUT2D eigenvalue weighted by Gasteiger charge is 2.43. The van der Waals surface area contributed by atoms with E-state index in [1.807, 2.05) is 4.90 Å². The zero-order chi connectivity index (χ0) is 17.3. The summed E-state index contributed by atoms with van der Waals surface area (Å²) in [6.07, 6.45) is 2.86. The maximum atomic E-state index is 12.7. The Morgan fingerprint density at radius 2 is 2.08 bits per heavy atom. The predicted octanol–water partition coefficient (Wildman–Crippen LogP) is 0.221. The fourth-order valence-corrected chi connectivity index (χ4v) is 4.76. The first-order valence-electron chi connectivity index (χ1n) is 9.41. The van der Waals surface area contributed by atoms with E-state index in [0.717, 1.165) is 58.5 Å². The zero-order valence-corrected chi connectivity index (χ0v) is 14.7. The second kappa shape index (κ2) is 7.03. The van der Waals surface area contributed by atoms with E-state index < -0.39 is 0 Å². The number of aliphatic hydroxyl groups is 1. The maximum absolute atomic E-state index is 12.7. The lowest BCUT2D eigenvalue weighted by Gasteiger charge is -2.49. The van der Waals surface area contributed by atoms with Crippen molar-refractivity contribution >= 4 is 5.91 Å². The second-order valence-electron chi connectivity index (χ2n) is 7.61. The van der Waals surface area contributed by atoms with Gasteiger partial charge in [-0.25, -0.2) is 5.43 Å². The number of hydrogen-bond donors (Lipinski definition) is 3. The Kier molecular flexibility index (Phi) is 4.78. The lowest BCUT2D eigenvalue weighted by molar-refractivity contribution is -0.135. The molecule has 1 aromatic carbocycles. The molecule has 0 aliphatic carbocycles. The highest BCUT2D eigenvalue weighted by Crippen LogP contribution is 2.41. The molecular formula is C19H28N4O2. The van der Waals surface area contributed by atoms with Crippen molar-refractivity contribution in [1.29, 1.82) is 0 Å². The molecule has 0 aromatic heterocycles. The summed E-state index contributed by atoms with van der Waals surface area (Å²) in [4.78, 5) is 17.1. The van der Waals surface area contributed by atoms with Gasteiger partial charge in [0.2, 0.25) is 5.91 Å². The van der Waals surface area contributed by atoms with Crippen LogP contribution in [0.3, 0.4) is 0 Å². The van der Waals surface area contributed by atoms with Gasteiger partial charge in [-0.2, -0.15) is 0 Å². The standard InChI is InChI=1S/C19H28N4O2/c24-12-11-22-13-15-3-1-2-4-16(15)19(14-22)6-9-23(10-7-19)18(25)17-5-8-20-21-17/h1-4,17,20-21,24H,5-14H2. The average Bonchev–Trinajstić information content (AvgIpc) is 3.17. The number of benzene rings is 1. The van der Waals surface area contributed by atoms with Gasteiger partial charge in [0.15, 0.2) is 0 Å². The molecule has 2 fully saturated rings. The van der Waals surface area contributed by atoms with Crippen molar-refractivity contribution < 1.29 is 9.90 Å². The fourth-order valence-electron chi connectivity index (χ4n) is 4.76. The minimum absolute atomic E-state index is 0.0708. The van der Waals surface area contributed by atoms with Gasteiger partial charge in [0.05, 0.1) is 6.61 Å². The first kappa shape index (κ1) is 17.0. The van der Waals surface area contributed by atoms with Gasteiger partial charge in [0.25, 0.3) is 0 Å². The number of nitrogens with one attached hydrogen (secondary N) is 2. The second-order valence-corrected chi connectivity index (χ2v) is 7.61. The van der Waals surface area contributed by atoms with Crippen molar-refractivity contribution in [3.8, 4) is 0 Å². The maximum Gasteiger partial charge on any atom is 0.241 e. The smallest absolute Gasteiger partial charge is 0.241 e. The Balaban J connectivity index is 1.51. The molecule has 1 unspecified atom stereocenters. The molecule has 136 valence electrons. The summed E-state index contributed by atoms with van der Waals surface area (Å²) in [6, 6.07) is 8.65. The largest absolute Gasteiger partial charge is 0.395 e. The normalized spacial score (nSPS) is 26.0. The monoisotopic (exact) mass is 344 g/mol. The van der Waals surface area contributed by atoms with Crippen molar-refractivity contribution in [3.05, 3.63) is 35.4 Å². The van der Waals surface area contributed by atoms with E-state index in [1.54, 1.807) is 0 Å². The first-order valence-corrected chi connectivity index (χ1v) is 9.41. The van der Waals surface area contributed by atoms with E-state index in [1.165, 1.54) is 11.1 Å². The van der Waals surface area contributed by atoms with Gasteiger partial charge in [0.1, 0.15) is 6.04 Å². The van der Waals surface area contributed by atoms with Gasteiger partial charge in [-0.15, -0.1) is 0 Å². The number of carbonyl (C=O) groups excluding carboxylic acids is 1. The molecule has 25 heavy (non-hydrogen) atoms. The molecule has 4 rings (SSSR count). The number of β-amino-alcohol motifs (C(OH)–C–C–N with tert-alkyl or cyclic N) is 1. The van der Waals surface area contributed by atoms with Gasteiger partial charge < -0.3 is 10.0 Å². The molecule has 3 heterocycles. The van der Waals surface area contributed by atoms with E-state index in [4.69, 9.17) is 0 Å². The summed E-state index contributed by atoms with van der Waals surface area (Å²) in [5.41, 5.74) is 9.09. The van der Waals surface area contributed by atoms with Crippen LogP contribution in [0.5, 0.6) is 0 Å². The van der Waals surface area contributed by atoms with Crippen LogP contribution >= 0.6 is 0 Å². The predicted molar refractivity (Wildman–Crippen MR) is 95.8 cm³/mol. The van der Waals surface area contributed by atoms with Crippen molar-refractivity contribution in [2.75, 3.05) is 39.3 Å². The first-order chi connectivity index (χ1) is 12.2. The van der Waals surface area contributed by atoms with Crippen LogP contribution in [0.2, 0.25) is 0 Å². The van der Waals surface area contributed by atoms with Crippen LogP contribution in [0, 0.1) is 0 Å². The Morgan fingerprint density at radius 1 is 1.28 bits per heavy atom. The molecular weight excluding hydrogens is 316 g/mol. The molecule has 1 amide bonds. The van der Waals surface area contributed by atoms with Crippen LogP contribution < -0.4 is 10.9 Å². The fraction of sp³-hybridized carbons (Fsp3) is 0.632. The van der Waals surface area contributed by atoms with Crippen molar-refractivity contribution in [3.63, 3.8) is 0 Å². The lowest BCUT2D eigenvalue weighted by Crippen LogP contribution is -2.55. The number of aliphatic hydroxyl groups excluding tert-OH is 1. The molecule has 3 aliphatic heterocycles.